The molecule has 0 saturated heterocycles. The smallest absolute Gasteiger partial charge is 0.335 e. The summed E-state index contributed by atoms with van der Waals surface area (Å²) >= 11 is 0. The van der Waals surface area contributed by atoms with Gasteiger partial charge in [0.25, 0.3) is 0 Å². The molecule has 1 heterocycles. The number of fused-ring (bicyclic) bond motifs is 1. The molecule has 3 aromatic carbocycles. The molecule has 0 aliphatic heterocycles. The van der Waals surface area contributed by atoms with Gasteiger partial charge in [0, 0.05) is 18.3 Å². The molecular weight excluding hydrogens is 358 g/mol. The Morgan fingerprint density at radius 3 is 2.45 bits per heavy atom. The number of carbonyl (C=O) groups is 1. The normalized spacial score (nSPS) is 11.3. The van der Waals surface area contributed by atoms with Crippen molar-refractivity contribution in [2.45, 2.75) is 32.7 Å². The van der Waals surface area contributed by atoms with Crippen molar-refractivity contribution in [2.24, 2.45) is 0 Å². The molecule has 0 amide bonds. The molecule has 1 N–H and O–H groups in total. The van der Waals surface area contributed by atoms with Gasteiger partial charge in [-0.2, -0.15) is 0 Å². The Balaban J connectivity index is 1.62. The van der Waals surface area contributed by atoms with E-state index in [1.807, 2.05) is 24.3 Å². The molecule has 0 aliphatic carbocycles. The maximum absolute atomic E-state index is 11.8. The summed E-state index contributed by atoms with van der Waals surface area (Å²) in [5, 5.41) is 10.8. The number of carboxylic acid groups (broad SMARTS) is 1. The number of hydrogen-bond donors (Lipinski definition) is 1. The first-order valence-corrected chi connectivity index (χ1v) is 9.99. The first-order valence-electron chi connectivity index (χ1n) is 9.99. The monoisotopic (exact) mass is 383 g/mol. The molecule has 0 spiro atoms. The molecule has 4 aromatic rings. The first kappa shape index (κ1) is 19.0. The van der Waals surface area contributed by atoms with E-state index in [0.717, 1.165) is 23.2 Å². The van der Waals surface area contributed by atoms with E-state index in [1.165, 1.54) is 16.5 Å². The Bertz CT molecular complexity index is 1160. The summed E-state index contributed by atoms with van der Waals surface area (Å²) in [6.45, 7) is 4.99. The minimum atomic E-state index is -0.863. The van der Waals surface area contributed by atoms with E-state index in [0.29, 0.717) is 17.9 Å². The molecule has 0 unspecified atom stereocenters. The molecule has 0 fully saturated rings. The summed E-state index contributed by atoms with van der Waals surface area (Å²) in [4.78, 5) is 11.8. The summed E-state index contributed by atoms with van der Waals surface area (Å²) in [6, 6.07) is 24.8. The maximum Gasteiger partial charge on any atom is 0.335 e. The minimum absolute atomic E-state index is 0.308. The van der Waals surface area contributed by atoms with Gasteiger partial charge < -0.3 is 9.67 Å². The van der Waals surface area contributed by atoms with Gasteiger partial charge in [-0.1, -0.05) is 62.4 Å². The highest BCUT2D eigenvalue weighted by Crippen LogP contribution is 2.24. The molecule has 29 heavy (non-hydrogen) atoms. The summed E-state index contributed by atoms with van der Waals surface area (Å²) in [5.41, 5.74) is 5.88. The molecule has 0 radical (unpaired) electrons. The van der Waals surface area contributed by atoms with Crippen molar-refractivity contribution in [3.63, 3.8) is 0 Å². The molecule has 1 aromatic heterocycles. The van der Waals surface area contributed by atoms with E-state index in [2.05, 4.69) is 73.1 Å². The summed E-state index contributed by atoms with van der Waals surface area (Å²) in [7, 11) is 0. The Morgan fingerprint density at radius 2 is 1.72 bits per heavy atom. The van der Waals surface area contributed by atoms with E-state index < -0.39 is 5.97 Å². The molecule has 4 rings (SSSR count). The van der Waals surface area contributed by atoms with Crippen molar-refractivity contribution >= 4 is 16.9 Å². The number of benzene rings is 3. The van der Waals surface area contributed by atoms with E-state index in [4.69, 9.17) is 0 Å². The van der Waals surface area contributed by atoms with Crippen molar-refractivity contribution < 1.29 is 9.90 Å². The lowest BCUT2D eigenvalue weighted by molar-refractivity contribution is 0.0695. The highest BCUT2D eigenvalue weighted by Gasteiger charge is 2.13. The minimum Gasteiger partial charge on any atom is -0.478 e. The Kier molecular flexibility index (Phi) is 5.22. The second-order valence-corrected chi connectivity index (χ2v) is 7.88. The number of aromatic carboxylic acids is 1. The fourth-order valence-corrected chi connectivity index (χ4v) is 3.80. The number of aromatic nitrogens is 1. The lowest BCUT2D eigenvalue weighted by Crippen LogP contribution is -2.05. The summed E-state index contributed by atoms with van der Waals surface area (Å²) < 4.78 is 2.24. The van der Waals surface area contributed by atoms with Crippen LogP contribution in [0.3, 0.4) is 0 Å². The number of carboxylic acids is 1. The van der Waals surface area contributed by atoms with Crippen LogP contribution in [0.4, 0.5) is 0 Å². The van der Waals surface area contributed by atoms with Crippen molar-refractivity contribution in [3.8, 4) is 0 Å². The van der Waals surface area contributed by atoms with Crippen LogP contribution in [0.5, 0.6) is 0 Å². The van der Waals surface area contributed by atoms with Crippen LogP contribution in [0, 0.1) is 0 Å². The molecule has 0 atom stereocenters. The van der Waals surface area contributed by atoms with E-state index in [9.17, 15) is 9.90 Å². The Morgan fingerprint density at radius 1 is 0.931 bits per heavy atom. The van der Waals surface area contributed by atoms with Gasteiger partial charge in [0.15, 0.2) is 0 Å². The molecule has 146 valence electrons. The van der Waals surface area contributed by atoms with Crippen LogP contribution >= 0.6 is 0 Å². The van der Waals surface area contributed by atoms with E-state index in [-0.39, 0.29) is 0 Å². The van der Waals surface area contributed by atoms with Crippen LogP contribution in [0.25, 0.3) is 10.9 Å². The highest BCUT2D eigenvalue weighted by atomic mass is 16.4. The van der Waals surface area contributed by atoms with Gasteiger partial charge in [0.05, 0.1) is 5.56 Å². The SMILES string of the molecule is CC(C)c1ccc(Cc2ccc3c(ccn3Cc3ccccc3)c2)c(C(=O)O)c1. The van der Waals surface area contributed by atoms with Crippen molar-refractivity contribution in [1.29, 1.82) is 0 Å². The van der Waals surface area contributed by atoms with Crippen LogP contribution in [0.15, 0.2) is 79.0 Å². The topological polar surface area (TPSA) is 42.2 Å². The summed E-state index contributed by atoms with van der Waals surface area (Å²) in [6.07, 6.45) is 2.72. The molecule has 0 aliphatic rings. The van der Waals surface area contributed by atoms with Crippen LogP contribution in [-0.2, 0) is 13.0 Å². The second kappa shape index (κ2) is 7.96. The van der Waals surface area contributed by atoms with Crippen LogP contribution in [0.2, 0.25) is 0 Å². The Labute approximate surface area is 171 Å². The van der Waals surface area contributed by atoms with Crippen molar-refractivity contribution in [3.05, 3.63) is 107 Å². The zero-order valence-corrected chi connectivity index (χ0v) is 16.8. The average molecular weight is 383 g/mol. The number of hydrogen-bond acceptors (Lipinski definition) is 1. The van der Waals surface area contributed by atoms with Crippen molar-refractivity contribution in [2.75, 3.05) is 0 Å². The van der Waals surface area contributed by atoms with Gasteiger partial charge in [-0.3, -0.25) is 0 Å². The fraction of sp³-hybridized carbons (Fsp3) is 0.192. The number of rotatable bonds is 6. The van der Waals surface area contributed by atoms with Gasteiger partial charge in [0.1, 0.15) is 0 Å². The van der Waals surface area contributed by atoms with Gasteiger partial charge in [0.2, 0.25) is 0 Å². The predicted octanol–water partition coefficient (Wildman–Crippen LogP) is 6.10. The molecule has 0 saturated carbocycles. The predicted molar refractivity (Wildman–Crippen MR) is 118 cm³/mol. The van der Waals surface area contributed by atoms with Gasteiger partial charge in [-0.25, -0.2) is 4.79 Å². The van der Waals surface area contributed by atoms with Gasteiger partial charge in [-0.15, -0.1) is 0 Å². The zero-order valence-electron chi connectivity index (χ0n) is 16.8. The maximum atomic E-state index is 11.8. The van der Waals surface area contributed by atoms with Crippen LogP contribution < -0.4 is 0 Å². The standard InChI is InChI=1S/C26H25NO2/c1-18(2)21-9-10-22(24(16-21)26(28)29)14-20-8-11-25-23(15-20)12-13-27(25)17-19-6-4-3-5-7-19/h3-13,15-16,18H,14,17H2,1-2H3,(H,28,29). The third-order valence-corrected chi connectivity index (χ3v) is 5.46. The Hall–Kier alpha value is -3.33. The molecule has 3 heteroatoms. The van der Waals surface area contributed by atoms with Gasteiger partial charge >= 0.3 is 5.97 Å². The lowest BCUT2D eigenvalue weighted by atomic mass is 9.94. The fourth-order valence-electron chi connectivity index (χ4n) is 3.80. The van der Waals surface area contributed by atoms with E-state index in [1.54, 1.807) is 0 Å². The van der Waals surface area contributed by atoms with Crippen LogP contribution in [0.1, 0.15) is 52.4 Å². The van der Waals surface area contributed by atoms with Crippen molar-refractivity contribution in [1.82, 2.24) is 4.57 Å². The first-order chi connectivity index (χ1) is 14.0. The van der Waals surface area contributed by atoms with Crippen LogP contribution in [-0.4, -0.2) is 15.6 Å². The third kappa shape index (κ3) is 4.09. The highest BCUT2D eigenvalue weighted by molar-refractivity contribution is 5.90. The van der Waals surface area contributed by atoms with Gasteiger partial charge in [-0.05, 0) is 64.2 Å². The zero-order chi connectivity index (χ0) is 20.4. The second-order valence-electron chi connectivity index (χ2n) is 7.88. The lowest BCUT2D eigenvalue weighted by Gasteiger charge is -2.12. The average Bonchev–Trinajstić information content (AvgIpc) is 3.10. The quantitative estimate of drug-likeness (QED) is 0.437. The number of nitrogens with zero attached hydrogens (tertiary/aromatic N) is 1. The van der Waals surface area contributed by atoms with E-state index >= 15 is 0 Å². The molecule has 0 bridgehead atoms. The third-order valence-electron chi connectivity index (χ3n) is 5.46. The molecule has 3 nitrogen and oxygen atoms in total. The largest absolute Gasteiger partial charge is 0.478 e. The summed E-state index contributed by atoms with van der Waals surface area (Å²) in [5.74, 6) is -0.555. The molecular formula is C26H25NO2.